The van der Waals surface area contributed by atoms with Crippen LogP contribution in [-0.2, 0) is 6.54 Å². The van der Waals surface area contributed by atoms with E-state index in [0.717, 1.165) is 18.4 Å². The molecule has 2 atom stereocenters. The third-order valence-electron chi connectivity index (χ3n) is 3.28. The zero-order chi connectivity index (χ0) is 11.4. The summed E-state index contributed by atoms with van der Waals surface area (Å²) in [4.78, 5) is 0. The summed E-state index contributed by atoms with van der Waals surface area (Å²) in [6.07, 6.45) is 4.71. The Kier molecular flexibility index (Phi) is 3.91. The normalized spacial score (nSPS) is 25.6. The van der Waals surface area contributed by atoms with Gasteiger partial charge in [0.1, 0.15) is 5.82 Å². The molecule has 2 nitrogen and oxygen atoms in total. The molecule has 1 saturated carbocycles. The molecule has 1 aliphatic carbocycles. The summed E-state index contributed by atoms with van der Waals surface area (Å²) in [6.45, 7) is 0.704. The van der Waals surface area contributed by atoms with Crippen molar-refractivity contribution in [3.63, 3.8) is 0 Å². The SMILES string of the molecule is N[C@H]1CCCC[C@@H]1NCc1cccc(F)c1. The van der Waals surface area contributed by atoms with Crippen molar-refractivity contribution >= 4 is 0 Å². The molecule has 3 heteroatoms. The van der Waals surface area contributed by atoms with Gasteiger partial charge in [-0.2, -0.15) is 0 Å². The lowest BCUT2D eigenvalue weighted by Gasteiger charge is -2.29. The van der Waals surface area contributed by atoms with Gasteiger partial charge in [-0.15, -0.1) is 0 Å². The molecular formula is C13H19FN2. The molecular weight excluding hydrogens is 203 g/mol. The maximum atomic E-state index is 13.0. The Morgan fingerprint density at radius 1 is 1.31 bits per heavy atom. The topological polar surface area (TPSA) is 38.0 Å². The summed E-state index contributed by atoms with van der Waals surface area (Å²) >= 11 is 0. The zero-order valence-corrected chi connectivity index (χ0v) is 9.45. The molecule has 0 spiro atoms. The van der Waals surface area contributed by atoms with Crippen molar-refractivity contribution in [1.29, 1.82) is 0 Å². The predicted octanol–water partition coefficient (Wildman–Crippen LogP) is 2.19. The Bertz CT molecular complexity index is 340. The summed E-state index contributed by atoms with van der Waals surface area (Å²) in [5.74, 6) is -0.174. The summed E-state index contributed by atoms with van der Waals surface area (Å²) < 4.78 is 13.0. The Labute approximate surface area is 96.0 Å². The Morgan fingerprint density at radius 2 is 2.12 bits per heavy atom. The molecule has 0 aromatic heterocycles. The van der Waals surface area contributed by atoms with Gasteiger partial charge in [0.25, 0.3) is 0 Å². The van der Waals surface area contributed by atoms with E-state index in [1.54, 1.807) is 12.1 Å². The summed E-state index contributed by atoms with van der Waals surface area (Å²) in [6, 6.07) is 7.36. The minimum atomic E-state index is -0.174. The van der Waals surface area contributed by atoms with Crippen LogP contribution in [0.15, 0.2) is 24.3 Å². The molecule has 0 radical (unpaired) electrons. The smallest absolute Gasteiger partial charge is 0.123 e. The average Bonchev–Trinajstić information content (AvgIpc) is 2.28. The minimum absolute atomic E-state index is 0.174. The lowest BCUT2D eigenvalue weighted by Crippen LogP contribution is -2.46. The van der Waals surface area contributed by atoms with Crippen LogP contribution in [0.25, 0.3) is 0 Å². The van der Waals surface area contributed by atoms with Crippen molar-refractivity contribution in [2.45, 2.75) is 44.3 Å². The monoisotopic (exact) mass is 222 g/mol. The highest BCUT2D eigenvalue weighted by Crippen LogP contribution is 2.17. The van der Waals surface area contributed by atoms with E-state index in [-0.39, 0.29) is 11.9 Å². The molecule has 0 saturated heterocycles. The van der Waals surface area contributed by atoms with Crippen LogP contribution in [0.5, 0.6) is 0 Å². The molecule has 0 amide bonds. The summed E-state index contributed by atoms with van der Waals surface area (Å²) in [5, 5.41) is 3.42. The van der Waals surface area contributed by atoms with Crippen LogP contribution < -0.4 is 11.1 Å². The highest BCUT2D eigenvalue weighted by Gasteiger charge is 2.20. The maximum Gasteiger partial charge on any atom is 0.123 e. The van der Waals surface area contributed by atoms with Gasteiger partial charge in [-0.25, -0.2) is 4.39 Å². The van der Waals surface area contributed by atoms with Gasteiger partial charge in [0, 0.05) is 18.6 Å². The van der Waals surface area contributed by atoms with Gasteiger partial charge in [0.05, 0.1) is 0 Å². The number of rotatable bonds is 3. The number of nitrogens with two attached hydrogens (primary N) is 1. The molecule has 1 fully saturated rings. The minimum Gasteiger partial charge on any atom is -0.326 e. The van der Waals surface area contributed by atoms with Gasteiger partial charge in [0.15, 0.2) is 0 Å². The van der Waals surface area contributed by atoms with E-state index in [1.807, 2.05) is 6.07 Å². The molecule has 16 heavy (non-hydrogen) atoms. The molecule has 3 N–H and O–H groups in total. The van der Waals surface area contributed by atoms with Crippen molar-refractivity contribution in [2.24, 2.45) is 5.73 Å². The van der Waals surface area contributed by atoms with Crippen LogP contribution in [0, 0.1) is 5.82 Å². The quantitative estimate of drug-likeness (QED) is 0.822. The van der Waals surface area contributed by atoms with Crippen molar-refractivity contribution in [3.05, 3.63) is 35.6 Å². The second kappa shape index (κ2) is 5.41. The molecule has 1 aromatic rings. The molecule has 0 bridgehead atoms. The van der Waals surface area contributed by atoms with Gasteiger partial charge < -0.3 is 11.1 Å². The van der Waals surface area contributed by atoms with E-state index in [9.17, 15) is 4.39 Å². The first-order valence-corrected chi connectivity index (χ1v) is 5.99. The van der Waals surface area contributed by atoms with Crippen molar-refractivity contribution in [3.8, 4) is 0 Å². The van der Waals surface area contributed by atoms with Crippen LogP contribution in [-0.4, -0.2) is 12.1 Å². The number of benzene rings is 1. The van der Waals surface area contributed by atoms with Crippen LogP contribution >= 0.6 is 0 Å². The van der Waals surface area contributed by atoms with E-state index in [0.29, 0.717) is 12.6 Å². The van der Waals surface area contributed by atoms with Crippen molar-refractivity contribution in [1.82, 2.24) is 5.32 Å². The molecule has 88 valence electrons. The van der Waals surface area contributed by atoms with E-state index in [1.165, 1.54) is 18.9 Å². The zero-order valence-electron chi connectivity index (χ0n) is 9.45. The summed E-state index contributed by atoms with van der Waals surface area (Å²) in [5.41, 5.74) is 7.02. The van der Waals surface area contributed by atoms with Gasteiger partial charge >= 0.3 is 0 Å². The average molecular weight is 222 g/mol. The van der Waals surface area contributed by atoms with Gasteiger partial charge in [-0.05, 0) is 30.5 Å². The second-order valence-electron chi connectivity index (χ2n) is 4.57. The lowest BCUT2D eigenvalue weighted by atomic mass is 9.91. The molecule has 1 aromatic carbocycles. The fourth-order valence-corrected chi connectivity index (χ4v) is 2.31. The standard InChI is InChI=1S/C13H19FN2/c14-11-5-3-4-10(8-11)9-16-13-7-2-1-6-12(13)15/h3-5,8,12-13,16H,1-2,6-7,9,15H2/t12-,13-/m0/s1. The number of nitrogens with one attached hydrogen (secondary N) is 1. The molecule has 0 heterocycles. The Morgan fingerprint density at radius 3 is 2.88 bits per heavy atom. The number of halogens is 1. The highest BCUT2D eigenvalue weighted by molar-refractivity contribution is 5.16. The van der Waals surface area contributed by atoms with Crippen LogP contribution in [0.3, 0.4) is 0 Å². The lowest BCUT2D eigenvalue weighted by molar-refractivity contribution is 0.326. The van der Waals surface area contributed by atoms with Crippen LogP contribution in [0.4, 0.5) is 4.39 Å². The molecule has 0 unspecified atom stereocenters. The van der Waals surface area contributed by atoms with Crippen LogP contribution in [0.1, 0.15) is 31.2 Å². The molecule has 2 rings (SSSR count). The largest absolute Gasteiger partial charge is 0.326 e. The van der Waals surface area contributed by atoms with E-state index < -0.39 is 0 Å². The fraction of sp³-hybridized carbons (Fsp3) is 0.538. The van der Waals surface area contributed by atoms with Crippen LogP contribution in [0.2, 0.25) is 0 Å². The van der Waals surface area contributed by atoms with Crippen molar-refractivity contribution in [2.75, 3.05) is 0 Å². The maximum absolute atomic E-state index is 13.0. The van der Waals surface area contributed by atoms with Gasteiger partial charge in [-0.3, -0.25) is 0 Å². The Balaban J connectivity index is 1.86. The van der Waals surface area contributed by atoms with Crippen molar-refractivity contribution < 1.29 is 4.39 Å². The number of hydrogen-bond donors (Lipinski definition) is 2. The summed E-state index contributed by atoms with van der Waals surface area (Å²) in [7, 11) is 0. The third kappa shape index (κ3) is 3.03. The van der Waals surface area contributed by atoms with Gasteiger partial charge in [0.2, 0.25) is 0 Å². The van der Waals surface area contributed by atoms with E-state index >= 15 is 0 Å². The second-order valence-corrected chi connectivity index (χ2v) is 4.57. The molecule has 1 aliphatic rings. The highest BCUT2D eigenvalue weighted by atomic mass is 19.1. The first-order valence-electron chi connectivity index (χ1n) is 5.99. The van der Waals surface area contributed by atoms with E-state index in [2.05, 4.69) is 5.32 Å². The van der Waals surface area contributed by atoms with E-state index in [4.69, 9.17) is 5.73 Å². The fourth-order valence-electron chi connectivity index (χ4n) is 2.31. The first-order chi connectivity index (χ1) is 7.75. The van der Waals surface area contributed by atoms with Gasteiger partial charge in [-0.1, -0.05) is 25.0 Å². The predicted molar refractivity (Wildman–Crippen MR) is 63.5 cm³/mol. The first kappa shape index (κ1) is 11.6. The Hall–Kier alpha value is -0.930. The third-order valence-corrected chi connectivity index (χ3v) is 3.28. The number of hydrogen-bond acceptors (Lipinski definition) is 2. The molecule has 0 aliphatic heterocycles.